The van der Waals surface area contributed by atoms with Crippen LogP contribution in [0, 0.1) is 6.92 Å². The second-order valence-electron chi connectivity index (χ2n) is 6.15. The maximum atomic E-state index is 12.5. The molecular weight excluding hydrogens is 340 g/mol. The molecule has 134 valence electrons. The van der Waals surface area contributed by atoms with Crippen molar-refractivity contribution in [3.8, 4) is 17.1 Å². The molecule has 0 bridgehead atoms. The quantitative estimate of drug-likeness (QED) is 0.599. The van der Waals surface area contributed by atoms with Crippen molar-refractivity contribution in [2.24, 2.45) is 0 Å². The van der Waals surface area contributed by atoms with Crippen LogP contribution in [0.5, 0.6) is 5.88 Å². The molecule has 0 saturated carbocycles. The first-order valence-corrected chi connectivity index (χ1v) is 8.52. The number of carbonyl (C=O) groups excluding carboxylic acids is 1. The fourth-order valence-electron chi connectivity index (χ4n) is 2.81. The zero-order valence-electron chi connectivity index (χ0n) is 15.0. The lowest BCUT2D eigenvalue weighted by molar-refractivity contribution is 0.102. The van der Waals surface area contributed by atoms with E-state index in [1.807, 2.05) is 55.6 Å². The van der Waals surface area contributed by atoms with Gasteiger partial charge in [-0.3, -0.25) is 4.79 Å². The molecule has 0 aliphatic carbocycles. The van der Waals surface area contributed by atoms with Crippen LogP contribution in [0.2, 0.25) is 0 Å². The molecule has 0 unspecified atom stereocenters. The first-order valence-electron chi connectivity index (χ1n) is 8.52. The van der Waals surface area contributed by atoms with Crippen LogP contribution < -0.4 is 10.1 Å². The highest BCUT2D eigenvalue weighted by Crippen LogP contribution is 2.26. The van der Waals surface area contributed by atoms with Crippen molar-refractivity contribution in [1.82, 2.24) is 14.6 Å². The third kappa shape index (κ3) is 3.37. The van der Waals surface area contributed by atoms with Gasteiger partial charge in [-0.1, -0.05) is 30.3 Å². The van der Waals surface area contributed by atoms with E-state index in [-0.39, 0.29) is 5.91 Å². The van der Waals surface area contributed by atoms with Crippen LogP contribution in [0.1, 0.15) is 15.9 Å². The highest BCUT2D eigenvalue weighted by atomic mass is 16.5. The molecular formula is C21H18N4O2. The Morgan fingerprint density at radius 1 is 1.07 bits per heavy atom. The number of methoxy groups -OCH3 is 1. The van der Waals surface area contributed by atoms with Gasteiger partial charge >= 0.3 is 0 Å². The van der Waals surface area contributed by atoms with Crippen LogP contribution in [0.4, 0.5) is 5.69 Å². The molecule has 6 heteroatoms. The molecule has 1 amide bonds. The van der Waals surface area contributed by atoms with Crippen molar-refractivity contribution in [3.05, 3.63) is 78.0 Å². The molecule has 6 nitrogen and oxygen atoms in total. The summed E-state index contributed by atoms with van der Waals surface area (Å²) in [6.45, 7) is 1.96. The second-order valence-corrected chi connectivity index (χ2v) is 6.15. The van der Waals surface area contributed by atoms with Crippen LogP contribution in [0.3, 0.4) is 0 Å². The summed E-state index contributed by atoms with van der Waals surface area (Å²) in [5, 5.41) is 7.31. The summed E-state index contributed by atoms with van der Waals surface area (Å²) in [6.07, 6.45) is 1.84. The summed E-state index contributed by atoms with van der Waals surface area (Å²) in [7, 11) is 1.58. The fourth-order valence-corrected chi connectivity index (χ4v) is 2.81. The van der Waals surface area contributed by atoms with Gasteiger partial charge in [-0.2, -0.15) is 0 Å². The molecule has 0 atom stereocenters. The number of ether oxygens (including phenoxy) is 1. The molecule has 4 rings (SSSR count). The molecule has 0 radical (unpaired) electrons. The van der Waals surface area contributed by atoms with Crippen molar-refractivity contribution in [2.75, 3.05) is 12.4 Å². The van der Waals surface area contributed by atoms with Gasteiger partial charge in [0.15, 0.2) is 5.65 Å². The Kier molecular flexibility index (Phi) is 4.30. The summed E-state index contributed by atoms with van der Waals surface area (Å²) in [5.41, 5.74) is 4.74. The van der Waals surface area contributed by atoms with E-state index in [0.29, 0.717) is 11.4 Å². The molecule has 0 aliphatic rings. The molecule has 2 aromatic carbocycles. The van der Waals surface area contributed by atoms with Gasteiger partial charge in [0.2, 0.25) is 5.88 Å². The Labute approximate surface area is 156 Å². The average Bonchev–Trinajstić information content (AvgIpc) is 3.13. The number of hydrogen-bond donors (Lipinski definition) is 1. The lowest BCUT2D eigenvalue weighted by Gasteiger charge is -2.10. The molecule has 4 aromatic rings. The Hall–Kier alpha value is -3.67. The SMILES string of the molecule is COc1ccc2nc(-c3ccc(C)c(NC(=O)c4ccccc4)c3)cn2n1. The minimum atomic E-state index is -0.141. The molecule has 0 saturated heterocycles. The Balaban J connectivity index is 1.67. The summed E-state index contributed by atoms with van der Waals surface area (Å²) < 4.78 is 6.83. The van der Waals surface area contributed by atoms with Gasteiger partial charge < -0.3 is 10.1 Å². The van der Waals surface area contributed by atoms with Crippen LogP contribution in [0.15, 0.2) is 66.9 Å². The zero-order chi connectivity index (χ0) is 18.8. The van der Waals surface area contributed by atoms with E-state index in [4.69, 9.17) is 4.74 Å². The van der Waals surface area contributed by atoms with E-state index in [1.165, 1.54) is 0 Å². The topological polar surface area (TPSA) is 68.5 Å². The predicted octanol–water partition coefficient (Wildman–Crippen LogP) is 3.97. The molecule has 0 aliphatic heterocycles. The lowest BCUT2D eigenvalue weighted by atomic mass is 10.1. The molecule has 2 heterocycles. The predicted molar refractivity (Wildman–Crippen MR) is 104 cm³/mol. The van der Waals surface area contributed by atoms with Crippen LogP contribution in [0.25, 0.3) is 16.9 Å². The van der Waals surface area contributed by atoms with Crippen molar-refractivity contribution in [3.63, 3.8) is 0 Å². The van der Waals surface area contributed by atoms with E-state index in [1.54, 1.807) is 29.8 Å². The number of aromatic nitrogens is 3. The van der Waals surface area contributed by atoms with Gasteiger partial charge in [0.1, 0.15) is 0 Å². The summed E-state index contributed by atoms with van der Waals surface area (Å²) >= 11 is 0. The highest BCUT2D eigenvalue weighted by molar-refractivity contribution is 6.04. The van der Waals surface area contributed by atoms with Crippen molar-refractivity contribution < 1.29 is 9.53 Å². The maximum absolute atomic E-state index is 12.5. The number of fused-ring (bicyclic) bond motifs is 1. The standard InChI is InChI=1S/C21H18N4O2/c1-14-8-9-16(12-17(14)23-21(26)15-6-4-3-5-7-15)18-13-25-19(22-18)10-11-20(24-25)27-2/h3-13H,1-2H3,(H,23,26). The van der Waals surface area contributed by atoms with E-state index in [0.717, 1.165) is 28.2 Å². The Morgan fingerprint density at radius 3 is 2.67 bits per heavy atom. The van der Waals surface area contributed by atoms with Gasteiger partial charge in [0.25, 0.3) is 5.91 Å². The smallest absolute Gasteiger partial charge is 0.255 e. The fraction of sp³-hybridized carbons (Fsp3) is 0.0952. The van der Waals surface area contributed by atoms with Crippen LogP contribution in [-0.4, -0.2) is 27.6 Å². The third-order valence-electron chi connectivity index (χ3n) is 4.32. The maximum Gasteiger partial charge on any atom is 0.255 e. The second kappa shape index (κ2) is 6.92. The first-order chi connectivity index (χ1) is 13.1. The molecule has 27 heavy (non-hydrogen) atoms. The minimum Gasteiger partial charge on any atom is -0.480 e. The van der Waals surface area contributed by atoms with E-state index in [2.05, 4.69) is 15.4 Å². The number of carbonyl (C=O) groups is 1. The highest BCUT2D eigenvalue weighted by Gasteiger charge is 2.11. The van der Waals surface area contributed by atoms with Gasteiger partial charge in [0, 0.05) is 22.9 Å². The van der Waals surface area contributed by atoms with E-state index < -0.39 is 0 Å². The molecule has 2 aromatic heterocycles. The first kappa shape index (κ1) is 16.8. The van der Waals surface area contributed by atoms with Crippen molar-refractivity contribution in [2.45, 2.75) is 6.92 Å². The molecule has 0 spiro atoms. The minimum absolute atomic E-state index is 0.141. The van der Waals surface area contributed by atoms with E-state index >= 15 is 0 Å². The lowest BCUT2D eigenvalue weighted by Crippen LogP contribution is -2.12. The number of aryl methyl sites for hydroxylation is 1. The zero-order valence-corrected chi connectivity index (χ0v) is 15.0. The number of nitrogens with zero attached hydrogens (tertiary/aromatic N) is 3. The Bertz CT molecular complexity index is 1120. The van der Waals surface area contributed by atoms with E-state index in [9.17, 15) is 4.79 Å². The van der Waals surface area contributed by atoms with Gasteiger partial charge in [-0.25, -0.2) is 9.50 Å². The van der Waals surface area contributed by atoms with Crippen molar-refractivity contribution in [1.29, 1.82) is 0 Å². The summed E-state index contributed by atoms with van der Waals surface area (Å²) in [6, 6.07) is 18.6. The number of benzene rings is 2. The van der Waals surface area contributed by atoms with Gasteiger partial charge in [0.05, 0.1) is 19.0 Å². The molecule has 0 fully saturated rings. The normalized spacial score (nSPS) is 10.7. The average molecular weight is 358 g/mol. The van der Waals surface area contributed by atoms with Crippen LogP contribution in [-0.2, 0) is 0 Å². The summed E-state index contributed by atoms with van der Waals surface area (Å²) in [4.78, 5) is 17.1. The van der Waals surface area contributed by atoms with Gasteiger partial charge in [-0.15, -0.1) is 5.10 Å². The summed E-state index contributed by atoms with van der Waals surface area (Å²) in [5.74, 6) is 0.378. The van der Waals surface area contributed by atoms with Crippen LogP contribution >= 0.6 is 0 Å². The third-order valence-corrected chi connectivity index (χ3v) is 4.32. The number of imidazole rings is 1. The number of nitrogens with one attached hydrogen (secondary N) is 1. The molecule has 1 N–H and O–H groups in total. The Morgan fingerprint density at radius 2 is 1.89 bits per heavy atom. The number of anilines is 1. The van der Waals surface area contributed by atoms with Gasteiger partial charge in [-0.05, 0) is 36.8 Å². The van der Waals surface area contributed by atoms with Crippen molar-refractivity contribution >= 4 is 17.2 Å². The monoisotopic (exact) mass is 358 g/mol. The number of hydrogen-bond acceptors (Lipinski definition) is 4. The number of amides is 1. The largest absolute Gasteiger partial charge is 0.480 e. The number of rotatable bonds is 4.